The van der Waals surface area contributed by atoms with Crippen molar-refractivity contribution in [2.24, 2.45) is 24.1 Å². The molecule has 0 unspecified atom stereocenters. The van der Waals surface area contributed by atoms with Gasteiger partial charge in [0.05, 0.1) is 10.9 Å². The highest BCUT2D eigenvalue weighted by Crippen LogP contribution is 2.38. The molecule has 0 bridgehead atoms. The smallest absolute Gasteiger partial charge is 0.276 e. The third-order valence-electron chi connectivity index (χ3n) is 7.36. The van der Waals surface area contributed by atoms with Gasteiger partial charge in [0.15, 0.2) is 5.69 Å². The molecule has 1 aliphatic carbocycles. The Morgan fingerprint density at radius 3 is 2.71 bits per heavy atom. The van der Waals surface area contributed by atoms with Crippen molar-refractivity contribution in [3.8, 4) is 0 Å². The number of nitrogens with one attached hydrogen (secondary N) is 2. The predicted molar refractivity (Wildman–Crippen MR) is 151 cm³/mol. The average molecular weight is 531 g/mol. The van der Waals surface area contributed by atoms with Crippen LogP contribution >= 0.6 is 11.3 Å². The molecule has 0 spiro atoms. The van der Waals surface area contributed by atoms with E-state index >= 15 is 0 Å². The lowest BCUT2D eigenvalue weighted by Crippen LogP contribution is -2.33. The van der Waals surface area contributed by atoms with Gasteiger partial charge in [-0.25, -0.2) is 4.98 Å². The van der Waals surface area contributed by atoms with Crippen LogP contribution in [0.4, 0.5) is 5.69 Å². The standard InChI is InChI=1S/C29H34N6O2S/c1-29(2,3)20-8-9-22-18(13-20)12-19-15-25(38-28(19)33-22)27(37)32-24(16-30)17-6-5-7-21(14-17)31-26(36)23-10-11-35(4)34-23/h5-7,10-12,14-15,20,24H,8-9,13,16,30H2,1-4H3,(H,31,36)(H,32,37)/t20-,24-/m1/s1. The Morgan fingerprint density at radius 2 is 2.00 bits per heavy atom. The van der Waals surface area contributed by atoms with Gasteiger partial charge in [0.1, 0.15) is 4.83 Å². The SMILES string of the molecule is Cn1ccc(C(=O)Nc2cccc([C@@H](CN)NC(=O)c3cc4cc5c(nc4s3)CC[C@@H](C(C)(C)C)C5)c2)n1. The Kier molecular flexibility index (Phi) is 7.07. The van der Waals surface area contributed by atoms with Crippen molar-refractivity contribution >= 4 is 39.1 Å². The van der Waals surface area contributed by atoms with E-state index in [1.54, 1.807) is 30.1 Å². The minimum atomic E-state index is -0.409. The maximum Gasteiger partial charge on any atom is 0.276 e. The van der Waals surface area contributed by atoms with Gasteiger partial charge in [0.25, 0.3) is 11.8 Å². The number of aromatic nitrogens is 3. The molecule has 4 N–H and O–H groups in total. The number of rotatable bonds is 6. The molecule has 5 rings (SSSR count). The van der Waals surface area contributed by atoms with Crippen molar-refractivity contribution in [2.75, 3.05) is 11.9 Å². The first-order valence-corrected chi connectivity index (χ1v) is 13.8. The van der Waals surface area contributed by atoms with Gasteiger partial charge >= 0.3 is 0 Å². The van der Waals surface area contributed by atoms with E-state index in [9.17, 15) is 9.59 Å². The molecular formula is C29H34N6O2S. The number of amides is 2. The highest BCUT2D eigenvalue weighted by Gasteiger charge is 2.30. The fourth-order valence-electron chi connectivity index (χ4n) is 5.05. The molecule has 0 radical (unpaired) electrons. The minimum Gasteiger partial charge on any atom is -0.343 e. The number of hydrogen-bond donors (Lipinski definition) is 3. The molecule has 0 saturated heterocycles. The maximum absolute atomic E-state index is 13.2. The van der Waals surface area contributed by atoms with Crippen molar-refractivity contribution in [3.63, 3.8) is 0 Å². The van der Waals surface area contributed by atoms with Crippen LogP contribution in [0, 0.1) is 11.3 Å². The van der Waals surface area contributed by atoms with Crippen LogP contribution < -0.4 is 16.4 Å². The monoisotopic (exact) mass is 530 g/mol. The number of pyridine rings is 1. The summed E-state index contributed by atoms with van der Waals surface area (Å²) in [5.74, 6) is 0.146. The molecule has 198 valence electrons. The molecule has 3 aromatic heterocycles. The zero-order valence-corrected chi connectivity index (χ0v) is 23.1. The van der Waals surface area contributed by atoms with Gasteiger partial charge in [-0.1, -0.05) is 32.9 Å². The lowest BCUT2D eigenvalue weighted by molar-refractivity contribution is 0.0941. The zero-order valence-electron chi connectivity index (χ0n) is 22.2. The Bertz CT molecular complexity index is 1500. The molecule has 3 heterocycles. The van der Waals surface area contributed by atoms with E-state index < -0.39 is 6.04 Å². The Hall–Kier alpha value is -3.56. The number of fused-ring (bicyclic) bond motifs is 2. The number of benzene rings is 1. The van der Waals surface area contributed by atoms with Crippen LogP contribution in [0.2, 0.25) is 0 Å². The molecule has 2 amide bonds. The summed E-state index contributed by atoms with van der Waals surface area (Å²) in [6.07, 6.45) is 4.87. The van der Waals surface area contributed by atoms with Crippen molar-refractivity contribution in [1.82, 2.24) is 20.1 Å². The summed E-state index contributed by atoms with van der Waals surface area (Å²) in [6, 6.07) is 12.7. The van der Waals surface area contributed by atoms with E-state index in [4.69, 9.17) is 10.7 Å². The van der Waals surface area contributed by atoms with Gasteiger partial charge in [-0.15, -0.1) is 11.3 Å². The first-order chi connectivity index (χ1) is 18.1. The molecule has 2 atom stereocenters. The third kappa shape index (κ3) is 5.49. The van der Waals surface area contributed by atoms with E-state index in [2.05, 4.69) is 42.6 Å². The second-order valence-corrected chi connectivity index (χ2v) is 12.2. The average Bonchev–Trinajstić information content (AvgIpc) is 3.51. The summed E-state index contributed by atoms with van der Waals surface area (Å²) in [6.45, 7) is 7.13. The van der Waals surface area contributed by atoms with E-state index in [-0.39, 0.29) is 23.8 Å². The van der Waals surface area contributed by atoms with E-state index in [1.165, 1.54) is 16.9 Å². The number of hydrogen-bond acceptors (Lipinski definition) is 6. The predicted octanol–water partition coefficient (Wildman–Crippen LogP) is 4.86. The molecule has 1 aromatic carbocycles. The van der Waals surface area contributed by atoms with Gasteiger partial charge in [-0.3, -0.25) is 14.3 Å². The van der Waals surface area contributed by atoms with Gasteiger partial charge in [-0.05, 0) is 72.1 Å². The second-order valence-electron chi connectivity index (χ2n) is 11.1. The van der Waals surface area contributed by atoms with E-state index in [0.717, 1.165) is 40.7 Å². The van der Waals surface area contributed by atoms with Crippen molar-refractivity contribution in [3.05, 3.63) is 76.1 Å². The first-order valence-electron chi connectivity index (χ1n) is 12.9. The number of carbonyl (C=O) groups is 2. The van der Waals surface area contributed by atoms with Crippen LogP contribution in [-0.4, -0.2) is 33.1 Å². The second kappa shape index (κ2) is 10.3. The van der Waals surface area contributed by atoms with Gasteiger partial charge in [-0.2, -0.15) is 5.10 Å². The molecule has 38 heavy (non-hydrogen) atoms. The molecule has 0 aliphatic heterocycles. The van der Waals surface area contributed by atoms with Gasteiger partial charge in [0.2, 0.25) is 0 Å². The number of nitrogens with zero attached hydrogens (tertiary/aromatic N) is 3. The Labute approximate surface area is 226 Å². The summed E-state index contributed by atoms with van der Waals surface area (Å²) in [5.41, 5.74) is 10.5. The molecular weight excluding hydrogens is 496 g/mol. The number of aryl methyl sites for hydroxylation is 2. The van der Waals surface area contributed by atoms with Gasteiger partial charge in [0, 0.05) is 36.6 Å². The van der Waals surface area contributed by atoms with E-state index in [0.29, 0.717) is 22.2 Å². The molecule has 9 heteroatoms. The fourth-order valence-corrected chi connectivity index (χ4v) is 5.98. The highest BCUT2D eigenvalue weighted by molar-refractivity contribution is 7.20. The third-order valence-corrected chi connectivity index (χ3v) is 8.40. The summed E-state index contributed by atoms with van der Waals surface area (Å²) in [5, 5.41) is 11.1. The van der Waals surface area contributed by atoms with Crippen LogP contribution in [0.5, 0.6) is 0 Å². The number of thiophene rings is 1. The van der Waals surface area contributed by atoms with Crippen molar-refractivity contribution in [2.45, 2.75) is 46.1 Å². The van der Waals surface area contributed by atoms with Crippen LogP contribution in [0.25, 0.3) is 10.2 Å². The molecule has 1 aliphatic rings. The van der Waals surface area contributed by atoms with E-state index in [1.807, 2.05) is 24.3 Å². The van der Waals surface area contributed by atoms with Crippen LogP contribution in [0.15, 0.2) is 48.7 Å². The van der Waals surface area contributed by atoms with Crippen molar-refractivity contribution < 1.29 is 9.59 Å². The quantitative estimate of drug-likeness (QED) is 0.329. The molecule has 8 nitrogen and oxygen atoms in total. The van der Waals surface area contributed by atoms with Crippen LogP contribution in [0.3, 0.4) is 0 Å². The topological polar surface area (TPSA) is 115 Å². The minimum absolute atomic E-state index is 0.183. The number of anilines is 1. The summed E-state index contributed by atoms with van der Waals surface area (Å²) >= 11 is 1.41. The molecule has 0 fully saturated rings. The number of nitrogens with two attached hydrogens (primary N) is 1. The zero-order chi connectivity index (χ0) is 27.0. The van der Waals surface area contributed by atoms with Crippen LogP contribution in [0.1, 0.15) is 70.2 Å². The van der Waals surface area contributed by atoms with Gasteiger partial charge < -0.3 is 16.4 Å². The largest absolute Gasteiger partial charge is 0.343 e. The highest BCUT2D eigenvalue weighted by atomic mass is 32.1. The lowest BCUT2D eigenvalue weighted by atomic mass is 9.71. The summed E-state index contributed by atoms with van der Waals surface area (Å²) in [4.78, 5) is 32.2. The summed E-state index contributed by atoms with van der Waals surface area (Å²) < 4.78 is 1.58. The maximum atomic E-state index is 13.2. The number of carbonyl (C=O) groups excluding carboxylic acids is 2. The fraction of sp³-hybridized carbons (Fsp3) is 0.379. The normalized spacial score (nSPS) is 16.2. The lowest BCUT2D eigenvalue weighted by Gasteiger charge is -2.34. The summed E-state index contributed by atoms with van der Waals surface area (Å²) in [7, 11) is 1.76. The molecule has 0 saturated carbocycles. The van der Waals surface area contributed by atoms with Crippen molar-refractivity contribution in [1.29, 1.82) is 0 Å². The molecule has 4 aromatic rings. The van der Waals surface area contributed by atoms with Crippen LogP contribution in [-0.2, 0) is 19.9 Å². The Balaban J connectivity index is 1.31. The first kappa shape index (κ1) is 26.1. The Morgan fingerprint density at radius 1 is 1.18 bits per heavy atom.